The summed E-state index contributed by atoms with van der Waals surface area (Å²) in [5.41, 5.74) is 4.42. The first-order valence-corrected chi connectivity index (χ1v) is 8.95. The Kier molecular flexibility index (Phi) is 5.84. The summed E-state index contributed by atoms with van der Waals surface area (Å²) in [6.07, 6.45) is 1.42. The Balaban J connectivity index is 2.05. The minimum Gasteiger partial charge on any atom is -0.380 e. The maximum Gasteiger partial charge on any atom is 0.278 e. The number of aliphatic imine (C=N–C) groups is 1. The highest BCUT2D eigenvalue weighted by molar-refractivity contribution is 6.18. The molecule has 2 aromatic carbocycles. The van der Waals surface area contributed by atoms with Crippen molar-refractivity contribution in [2.45, 2.75) is 20.4 Å². The molecular weight excluding hydrogens is 338 g/mol. The van der Waals surface area contributed by atoms with Crippen LogP contribution in [0, 0.1) is 0 Å². The minimum atomic E-state index is -0.512. The van der Waals surface area contributed by atoms with Gasteiger partial charge in [-0.2, -0.15) is 5.06 Å². The number of allylic oxidation sites excluding steroid dienone is 1. The monoisotopic (exact) mass is 361 g/mol. The summed E-state index contributed by atoms with van der Waals surface area (Å²) in [5, 5.41) is 14.3. The molecule has 3 rings (SSSR count). The zero-order valence-corrected chi connectivity index (χ0v) is 15.5. The van der Waals surface area contributed by atoms with E-state index in [2.05, 4.69) is 10.3 Å². The average molecular weight is 361 g/mol. The van der Waals surface area contributed by atoms with Crippen LogP contribution in [0.2, 0.25) is 0 Å². The summed E-state index contributed by atoms with van der Waals surface area (Å²) < 4.78 is 0. The molecule has 0 aliphatic carbocycles. The van der Waals surface area contributed by atoms with E-state index in [4.69, 9.17) is 0 Å². The molecule has 0 aromatic heterocycles. The number of hydrogen-bond donors (Lipinski definition) is 2. The third-order valence-electron chi connectivity index (χ3n) is 4.39. The molecule has 0 fully saturated rings. The number of carbonyl (C=O) groups is 1. The third kappa shape index (κ3) is 4.15. The van der Waals surface area contributed by atoms with Crippen molar-refractivity contribution in [1.82, 2.24) is 10.4 Å². The molecule has 0 saturated heterocycles. The van der Waals surface area contributed by atoms with Gasteiger partial charge in [-0.15, -0.1) is 0 Å². The van der Waals surface area contributed by atoms with Gasteiger partial charge < -0.3 is 5.32 Å². The Bertz CT molecular complexity index is 900. The lowest BCUT2D eigenvalue weighted by atomic mass is 9.95. The van der Waals surface area contributed by atoms with Crippen molar-refractivity contribution < 1.29 is 10.0 Å². The topological polar surface area (TPSA) is 64.9 Å². The van der Waals surface area contributed by atoms with Gasteiger partial charge in [0.2, 0.25) is 0 Å². The molecule has 0 atom stereocenters. The van der Waals surface area contributed by atoms with Crippen LogP contribution in [-0.4, -0.2) is 28.6 Å². The second-order valence-electron chi connectivity index (χ2n) is 6.21. The van der Waals surface area contributed by atoms with Crippen LogP contribution in [0.15, 0.2) is 83.0 Å². The van der Waals surface area contributed by atoms with Gasteiger partial charge in [-0.3, -0.25) is 15.0 Å². The normalized spacial score (nSPS) is 17.7. The van der Waals surface area contributed by atoms with Crippen molar-refractivity contribution in [2.75, 3.05) is 6.54 Å². The van der Waals surface area contributed by atoms with E-state index in [1.54, 1.807) is 0 Å². The fourth-order valence-corrected chi connectivity index (χ4v) is 3.02. The van der Waals surface area contributed by atoms with Crippen molar-refractivity contribution in [3.63, 3.8) is 0 Å². The van der Waals surface area contributed by atoms with Gasteiger partial charge in [-0.05, 0) is 30.5 Å². The molecule has 0 saturated carbocycles. The van der Waals surface area contributed by atoms with Gasteiger partial charge in [-0.1, -0.05) is 60.7 Å². The van der Waals surface area contributed by atoms with E-state index >= 15 is 0 Å². The van der Waals surface area contributed by atoms with E-state index < -0.39 is 5.91 Å². The zero-order chi connectivity index (χ0) is 19.2. The van der Waals surface area contributed by atoms with Gasteiger partial charge in [0.1, 0.15) is 0 Å². The molecule has 0 unspecified atom stereocenters. The van der Waals surface area contributed by atoms with Crippen molar-refractivity contribution in [2.24, 2.45) is 4.99 Å². The van der Waals surface area contributed by atoms with E-state index in [-0.39, 0.29) is 5.84 Å². The first kappa shape index (κ1) is 18.6. The molecule has 5 nitrogen and oxygen atoms in total. The Morgan fingerprint density at radius 1 is 1.07 bits per heavy atom. The Morgan fingerprint density at radius 3 is 2.33 bits per heavy atom. The second-order valence-corrected chi connectivity index (χ2v) is 6.21. The largest absolute Gasteiger partial charge is 0.380 e. The molecule has 2 N–H and O–H groups in total. The molecule has 5 heteroatoms. The van der Waals surface area contributed by atoms with Gasteiger partial charge in [0, 0.05) is 24.7 Å². The smallest absolute Gasteiger partial charge is 0.278 e. The molecule has 0 bridgehead atoms. The lowest BCUT2D eigenvalue weighted by molar-refractivity contribution is -0.143. The highest BCUT2D eigenvalue weighted by atomic mass is 16.5. The number of hydroxylamine groups is 2. The maximum atomic E-state index is 12.3. The van der Waals surface area contributed by atoms with Crippen molar-refractivity contribution in [3.05, 3.63) is 89.1 Å². The molecule has 0 radical (unpaired) electrons. The Morgan fingerprint density at radius 2 is 1.70 bits per heavy atom. The first-order chi connectivity index (χ1) is 13.1. The van der Waals surface area contributed by atoms with Crippen molar-refractivity contribution in [3.8, 4) is 0 Å². The van der Waals surface area contributed by atoms with Crippen LogP contribution in [0.25, 0.3) is 5.57 Å². The summed E-state index contributed by atoms with van der Waals surface area (Å²) in [7, 11) is 0. The SMILES string of the molecule is CCN=C1/C(=C(\C)c2ccccc2)C(NCc2ccccc2)=CC(=O)N1O. The fraction of sp³-hybridized carbons (Fsp3) is 0.182. The Hall–Kier alpha value is -3.18. The van der Waals surface area contributed by atoms with E-state index in [0.29, 0.717) is 23.8 Å². The van der Waals surface area contributed by atoms with Crippen LogP contribution in [0.4, 0.5) is 0 Å². The van der Waals surface area contributed by atoms with E-state index in [1.807, 2.05) is 74.5 Å². The average Bonchev–Trinajstić information content (AvgIpc) is 2.71. The number of benzene rings is 2. The van der Waals surface area contributed by atoms with Gasteiger partial charge in [0.25, 0.3) is 5.91 Å². The molecule has 1 amide bonds. The molecule has 1 heterocycles. The summed E-state index contributed by atoms with van der Waals surface area (Å²) >= 11 is 0. The number of nitrogens with zero attached hydrogens (tertiary/aromatic N) is 2. The van der Waals surface area contributed by atoms with Crippen LogP contribution in [-0.2, 0) is 11.3 Å². The molecule has 27 heavy (non-hydrogen) atoms. The quantitative estimate of drug-likeness (QED) is 0.797. The van der Waals surface area contributed by atoms with Gasteiger partial charge in [-0.25, -0.2) is 0 Å². The maximum absolute atomic E-state index is 12.3. The van der Waals surface area contributed by atoms with Gasteiger partial charge in [0.15, 0.2) is 5.84 Å². The number of amidine groups is 1. The second kappa shape index (κ2) is 8.47. The molecule has 138 valence electrons. The number of amides is 1. The van der Waals surface area contributed by atoms with E-state index in [0.717, 1.165) is 22.3 Å². The van der Waals surface area contributed by atoms with Crippen LogP contribution in [0.3, 0.4) is 0 Å². The predicted octanol–water partition coefficient (Wildman–Crippen LogP) is 3.78. The van der Waals surface area contributed by atoms with Gasteiger partial charge in [0.05, 0.1) is 5.70 Å². The summed E-state index contributed by atoms with van der Waals surface area (Å²) in [4.78, 5) is 16.6. The third-order valence-corrected chi connectivity index (χ3v) is 4.39. The van der Waals surface area contributed by atoms with Gasteiger partial charge >= 0.3 is 0 Å². The van der Waals surface area contributed by atoms with E-state index in [1.165, 1.54) is 6.08 Å². The highest BCUT2D eigenvalue weighted by Gasteiger charge is 2.30. The summed E-state index contributed by atoms with van der Waals surface area (Å²) in [6, 6.07) is 19.8. The lowest BCUT2D eigenvalue weighted by Gasteiger charge is -2.27. The molecule has 1 aliphatic rings. The molecular formula is C22H23N3O2. The Labute approximate surface area is 159 Å². The fourth-order valence-electron chi connectivity index (χ4n) is 3.02. The standard InChI is InChI=1S/C22H23N3O2/c1-3-23-22-21(16(2)18-12-8-5-9-13-18)19(14-20(26)25(22)27)24-15-17-10-6-4-7-11-17/h4-14,24,27H,3,15H2,1-2H3/b21-16+,23-22?. The predicted molar refractivity (Wildman–Crippen MR) is 107 cm³/mol. The molecule has 0 spiro atoms. The number of hydrogen-bond acceptors (Lipinski definition) is 4. The number of rotatable bonds is 5. The van der Waals surface area contributed by atoms with Crippen molar-refractivity contribution >= 4 is 17.3 Å². The zero-order valence-electron chi connectivity index (χ0n) is 15.5. The van der Waals surface area contributed by atoms with Crippen LogP contribution < -0.4 is 5.32 Å². The molecule has 2 aromatic rings. The summed E-state index contributed by atoms with van der Waals surface area (Å²) in [5.74, 6) is -0.246. The van der Waals surface area contributed by atoms with Crippen LogP contribution in [0.1, 0.15) is 25.0 Å². The summed E-state index contributed by atoms with van der Waals surface area (Å²) in [6.45, 7) is 4.86. The van der Waals surface area contributed by atoms with Crippen LogP contribution in [0.5, 0.6) is 0 Å². The number of nitrogens with one attached hydrogen (secondary N) is 1. The lowest BCUT2D eigenvalue weighted by Crippen LogP contribution is -2.41. The number of carbonyl (C=O) groups excluding carboxylic acids is 1. The van der Waals surface area contributed by atoms with E-state index in [9.17, 15) is 10.0 Å². The highest BCUT2D eigenvalue weighted by Crippen LogP contribution is 2.28. The first-order valence-electron chi connectivity index (χ1n) is 8.95. The van der Waals surface area contributed by atoms with Crippen molar-refractivity contribution in [1.29, 1.82) is 0 Å². The molecule has 1 aliphatic heterocycles. The minimum absolute atomic E-state index is 0.266. The van der Waals surface area contributed by atoms with Crippen LogP contribution >= 0.6 is 0 Å².